The van der Waals surface area contributed by atoms with Crippen LogP contribution in [0.5, 0.6) is 0 Å². The van der Waals surface area contributed by atoms with Gasteiger partial charge in [0.25, 0.3) is 5.56 Å². The quantitative estimate of drug-likeness (QED) is 0.370. The number of carbonyl (C=O) groups is 1. The Hall–Kier alpha value is -2.93. The number of thioether (sulfide) groups is 1. The van der Waals surface area contributed by atoms with Crippen LogP contribution in [0.2, 0.25) is 0 Å². The molecule has 4 aromatic rings. The van der Waals surface area contributed by atoms with Crippen molar-refractivity contribution < 1.29 is 4.79 Å². The average molecular weight is 439 g/mol. The molecule has 0 unspecified atom stereocenters. The maximum atomic E-state index is 12.9. The maximum absolute atomic E-state index is 12.9. The number of fused-ring (bicyclic) bond motifs is 1. The molecular weight excluding hydrogens is 424 g/mol. The number of nitrogens with zero attached hydrogens (tertiary/aromatic N) is 3. The van der Waals surface area contributed by atoms with E-state index < -0.39 is 0 Å². The number of rotatable bonds is 5. The summed E-state index contributed by atoms with van der Waals surface area (Å²) in [6, 6.07) is 12.7. The van der Waals surface area contributed by atoms with Gasteiger partial charge in [0.2, 0.25) is 5.91 Å². The maximum Gasteiger partial charge on any atom is 0.263 e. The van der Waals surface area contributed by atoms with E-state index in [-0.39, 0.29) is 17.2 Å². The molecule has 0 aliphatic carbocycles. The van der Waals surface area contributed by atoms with Crippen molar-refractivity contribution >= 4 is 56.2 Å². The van der Waals surface area contributed by atoms with Crippen LogP contribution < -0.4 is 10.9 Å². The van der Waals surface area contributed by atoms with Crippen LogP contribution in [0.3, 0.4) is 0 Å². The number of carbonyl (C=O) groups excluding carboxylic acids is 1. The molecule has 9 heteroatoms. The number of amides is 1. The summed E-state index contributed by atoms with van der Waals surface area (Å²) in [5, 5.41) is 16.7. The van der Waals surface area contributed by atoms with E-state index in [4.69, 9.17) is 5.26 Å². The van der Waals surface area contributed by atoms with Gasteiger partial charge in [-0.15, -0.1) is 22.7 Å². The molecule has 144 valence electrons. The van der Waals surface area contributed by atoms with Crippen molar-refractivity contribution in [2.45, 2.75) is 5.16 Å². The lowest BCUT2D eigenvalue weighted by atomic mass is 10.2. The van der Waals surface area contributed by atoms with Gasteiger partial charge in [0.1, 0.15) is 4.83 Å². The van der Waals surface area contributed by atoms with Crippen LogP contribution in [0.4, 0.5) is 5.69 Å². The van der Waals surface area contributed by atoms with Crippen LogP contribution in [0, 0.1) is 11.3 Å². The lowest BCUT2D eigenvalue weighted by molar-refractivity contribution is -0.113. The highest BCUT2D eigenvalue weighted by Gasteiger charge is 2.17. The zero-order valence-corrected chi connectivity index (χ0v) is 17.7. The largest absolute Gasteiger partial charge is 0.325 e. The van der Waals surface area contributed by atoms with Gasteiger partial charge in [0, 0.05) is 28.6 Å². The van der Waals surface area contributed by atoms with Gasteiger partial charge < -0.3 is 5.32 Å². The Balaban J connectivity index is 1.54. The number of thiophene rings is 2. The van der Waals surface area contributed by atoms with Crippen LogP contribution in [0.25, 0.3) is 20.7 Å². The molecule has 1 N–H and O–H groups in total. The molecule has 0 saturated heterocycles. The predicted molar refractivity (Wildman–Crippen MR) is 119 cm³/mol. The number of anilines is 1. The second kappa shape index (κ2) is 8.21. The normalized spacial score (nSPS) is 10.8. The fourth-order valence-electron chi connectivity index (χ4n) is 2.79. The smallest absolute Gasteiger partial charge is 0.263 e. The second-order valence-corrected chi connectivity index (χ2v) is 8.84. The minimum absolute atomic E-state index is 0.103. The molecule has 0 aliphatic heterocycles. The molecule has 0 fully saturated rings. The van der Waals surface area contributed by atoms with Crippen molar-refractivity contribution in [1.29, 1.82) is 5.26 Å². The van der Waals surface area contributed by atoms with Gasteiger partial charge in [-0.25, -0.2) is 4.98 Å². The summed E-state index contributed by atoms with van der Waals surface area (Å²) in [6.07, 6.45) is 0. The molecule has 0 aliphatic rings. The van der Waals surface area contributed by atoms with Crippen LogP contribution in [0.1, 0.15) is 5.56 Å². The van der Waals surface area contributed by atoms with Crippen LogP contribution in [-0.4, -0.2) is 21.2 Å². The predicted octanol–water partition coefficient (Wildman–Crippen LogP) is 4.33. The number of benzene rings is 1. The van der Waals surface area contributed by atoms with E-state index in [1.54, 1.807) is 42.6 Å². The first-order valence-electron chi connectivity index (χ1n) is 8.51. The van der Waals surface area contributed by atoms with Crippen molar-refractivity contribution in [2.24, 2.45) is 7.05 Å². The van der Waals surface area contributed by atoms with Crippen molar-refractivity contribution in [1.82, 2.24) is 9.55 Å². The zero-order chi connectivity index (χ0) is 20.4. The second-order valence-electron chi connectivity index (χ2n) is 6.09. The highest BCUT2D eigenvalue weighted by molar-refractivity contribution is 7.99. The molecule has 0 bridgehead atoms. The van der Waals surface area contributed by atoms with Gasteiger partial charge >= 0.3 is 0 Å². The van der Waals surface area contributed by atoms with Crippen molar-refractivity contribution in [3.63, 3.8) is 0 Å². The van der Waals surface area contributed by atoms with Crippen LogP contribution in [-0.2, 0) is 11.8 Å². The van der Waals surface area contributed by atoms with Gasteiger partial charge in [0.15, 0.2) is 5.16 Å². The lowest BCUT2D eigenvalue weighted by Crippen LogP contribution is -2.21. The standard InChI is InChI=1S/C20H14N4O2S3/c1-24-19(26)17-14(15-6-3-7-27-15)10-28-18(17)23-20(24)29-11-16(25)22-13-5-2-4-12(8-13)9-21/h2-8,10H,11H2,1H3,(H,22,25). The van der Waals surface area contributed by atoms with E-state index in [1.807, 2.05) is 29.0 Å². The summed E-state index contributed by atoms with van der Waals surface area (Å²) >= 11 is 4.22. The third-order valence-electron chi connectivity index (χ3n) is 4.17. The molecule has 1 amide bonds. The molecule has 1 aromatic carbocycles. The van der Waals surface area contributed by atoms with Gasteiger partial charge in [-0.05, 0) is 29.6 Å². The molecule has 29 heavy (non-hydrogen) atoms. The van der Waals surface area contributed by atoms with E-state index in [0.29, 0.717) is 26.6 Å². The van der Waals surface area contributed by atoms with Crippen molar-refractivity contribution in [2.75, 3.05) is 11.1 Å². The zero-order valence-electron chi connectivity index (χ0n) is 15.2. The van der Waals surface area contributed by atoms with E-state index in [1.165, 1.54) is 27.7 Å². The van der Waals surface area contributed by atoms with Gasteiger partial charge in [-0.2, -0.15) is 5.26 Å². The van der Waals surface area contributed by atoms with E-state index in [9.17, 15) is 9.59 Å². The number of aromatic nitrogens is 2. The van der Waals surface area contributed by atoms with Crippen LogP contribution >= 0.6 is 34.4 Å². The fourth-order valence-corrected chi connectivity index (χ4v) is 5.36. The summed E-state index contributed by atoms with van der Waals surface area (Å²) in [4.78, 5) is 31.5. The molecule has 3 heterocycles. The highest BCUT2D eigenvalue weighted by atomic mass is 32.2. The molecule has 3 aromatic heterocycles. The number of hydrogen-bond acceptors (Lipinski definition) is 7. The Bertz CT molecular complexity index is 1300. The Morgan fingerprint density at radius 1 is 1.31 bits per heavy atom. The van der Waals surface area contributed by atoms with Crippen molar-refractivity contribution in [3.05, 3.63) is 63.1 Å². The topological polar surface area (TPSA) is 87.8 Å². The summed E-state index contributed by atoms with van der Waals surface area (Å²) in [5.74, 6) is -0.129. The first-order chi connectivity index (χ1) is 14.1. The number of hydrogen-bond donors (Lipinski definition) is 1. The highest BCUT2D eigenvalue weighted by Crippen LogP contribution is 2.34. The minimum atomic E-state index is -0.232. The SMILES string of the molecule is Cn1c(SCC(=O)Nc2cccc(C#N)c2)nc2scc(-c3cccs3)c2c1=O. The average Bonchev–Trinajstić information content (AvgIpc) is 3.39. The third-order valence-corrected chi connectivity index (χ3v) is 6.97. The minimum Gasteiger partial charge on any atom is -0.325 e. The van der Waals surface area contributed by atoms with Gasteiger partial charge in [0.05, 0.1) is 22.8 Å². The van der Waals surface area contributed by atoms with Gasteiger partial charge in [-0.1, -0.05) is 23.9 Å². The Morgan fingerprint density at radius 2 is 2.17 bits per heavy atom. The first-order valence-corrected chi connectivity index (χ1v) is 11.3. The summed E-state index contributed by atoms with van der Waals surface area (Å²) in [7, 11) is 1.67. The Kier molecular flexibility index (Phi) is 5.49. The Morgan fingerprint density at radius 3 is 2.93 bits per heavy atom. The molecule has 0 saturated carbocycles. The molecule has 6 nitrogen and oxygen atoms in total. The molecule has 0 atom stereocenters. The number of nitrogens with one attached hydrogen (secondary N) is 1. The monoisotopic (exact) mass is 438 g/mol. The summed E-state index contributed by atoms with van der Waals surface area (Å²) < 4.78 is 1.49. The molecule has 4 rings (SSSR count). The van der Waals surface area contributed by atoms with Crippen molar-refractivity contribution in [3.8, 4) is 16.5 Å². The lowest BCUT2D eigenvalue weighted by Gasteiger charge is -2.08. The molecule has 0 spiro atoms. The first kappa shape index (κ1) is 19.4. The van der Waals surface area contributed by atoms with E-state index >= 15 is 0 Å². The van der Waals surface area contributed by atoms with Gasteiger partial charge in [-0.3, -0.25) is 14.2 Å². The summed E-state index contributed by atoms with van der Waals surface area (Å²) in [5.41, 5.74) is 1.82. The number of nitriles is 1. The van der Waals surface area contributed by atoms with E-state index in [0.717, 1.165) is 10.4 Å². The Labute approximate surface area is 178 Å². The molecular formula is C20H14N4O2S3. The van der Waals surface area contributed by atoms with E-state index in [2.05, 4.69) is 10.3 Å². The van der Waals surface area contributed by atoms with Crippen LogP contribution in [0.15, 0.2) is 57.1 Å². The fraction of sp³-hybridized carbons (Fsp3) is 0.100. The molecule has 0 radical (unpaired) electrons. The summed E-state index contributed by atoms with van der Waals surface area (Å²) in [6.45, 7) is 0. The third kappa shape index (κ3) is 3.96.